The molecule has 3 heteroatoms. The molecule has 1 heterocycles. The Bertz CT molecular complexity index is 452. The van der Waals surface area contributed by atoms with E-state index in [9.17, 15) is 0 Å². The molecule has 0 aliphatic rings. The smallest absolute Gasteiger partial charge is 0.0632 e. The molecule has 0 saturated heterocycles. The van der Waals surface area contributed by atoms with Crippen LogP contribution in [-0.4, -0.2) is 25.3 Å². The van der Waals surface area contributed by atoms with Crippen LogP contribution in [0.3, 0.4) is 0 Å². The summed E-state index contributed by atoms with van der Waals surface area (Å²) in [7, 11) is 4.05. The maximum absolute atomic E-state index is 4.37. The molecule has 0 aliphatic heterocycles. The van der Waals surface area contributed by atoms with Gasteiger partial charge in [0, 0.05) is 26.0 Å². The normalized spacial score (nSPS) is 10.9. The first-order valence-electron chi connectivity index (χ1n) is 5.20. The van der Waals surface area contributed by atoms with Crippen LogP contribution in [0.15, 0.2) is 47.6 Å². The Morgan fingerprint density at radius 3 is 2.44 bits per heavy atom. The Labute approximate surface area is 95.4 Å². The molecule has 0 radical (unpaired) electrons. The van der Waals surface area contributed by atoms with Crippen LogP contribution >= 0.6 is 0 Å². The van der Waals surface area contributed by atoms with E-state index in [1.54, 1.807) is 0 Å². The Morgan fingerprint density at radius 1 is 1.12 bits per heavy atom. The fraction of sp³-hybridized carbons (Fsp3) is 0.154. The molecule has 1 aromatic heterocycles. The van der Waals surface area contributed by atoms with Gasteiger partial charge in [0.1, 0.15) is 0 Å². The molecule has 1 aromatic carbocycles. The highest BCUT2D eigenvalue weighted by Crippen LogP contribution is 2.17. The number of rotatable bonds is 3. The first-order chi connectivity index (χ1) is 7.75. The van der Waals surface area contributed by atoms with E-state index in [1.165, 1.54) is 5.69 Å². The van der Waals surface area contributed by atoms with Gasteiger partial charge in [-0.15, -0.1) is 0 Å². The molecule has 0 unspecified atom stereocenters. The monoisotopic (exact) mass is 213 g/mol. The summed E-state index contributed by atoms with van der Waals surface area (Å²) in [6.45, 7) is 0. The third-order valence-electron chi connectivity index (χ3n) is 2.34. The van der Waals surface area contributed by atoms with E-state index >= 15 is 0 Å². The van der Waals surface area contributed by atoms with Gasteiger partial charge in [-0.25, -0.2) is 0 Å². The Kier molecular flexibility index (Phi) is 3.05. The van der Waals surface area contributed by atoms with Gasteiger partial charge in [0.25, 0.3) is 0 Å². The lowest BCUT2D eigenvalue weighted by atomic mass is 10.3. The van der Waals surface area contributed by atoms with Crippen molar-refractivity contribution in [3.05, 3.63) is 48.3 Å². The quantitative estimate of drug-likeness (QED) is 0.781. The number of hydrogen-bond donors (Lipinski definition) is 1. The lowest BCUT2D eigenvalue weighted by Crippen LogP contribution is -2.07. The molecule has 2 rings (SSSR count). The van der Waals surface area contributed by atoms with Crippen LogP contribution < -0.4 is 4.90 Å². The number of aromatic nitrogens is 1. The highest BCUT2D eigenvalue weighted by atomic mass is 15.1. The Balaban J connectivity index is 2.11. The molecule has 0 fully saturated rings. The lowest BCUT2D eigenvalue weighted by Gasteiger charge is -2.11. The summed E-state index contributed by atoms with van der Waals surface area (Å²) in [6.07, 6.45) is 3.71. The van der Waals surface area contributed by atoms with Gasteiger partial charge in [-0.3, -0.25) is 4.99 Å². The molecule has 2 aromatic rings. The minimum absolute atomic E-state index is 0.959. The average Bonchev–Trinajstić information content (AvgIpc) is 2.80. The molecule has 0 atom stereocenters. The summed E-state index contributed by atoms with van der Waals surface area (Å²) in [5.41, 5.74) is 3.15. The number of H-pyrrole nitrogens is 1. The van der Waals surface area contributed by atoms with Crippen LogP contribution in [0.5, 0.6) is 0 Å². The zero-order chi connectivity index (χ0) is 11.4. The first-order valence-corrected chi connectivity index (χ1v) is 5.20. The van der Waals surface area contributed by atoms with E-state index in [1.807, 2.05) is 50.8 Å². The number of hydrogen-bond acceptors (Lipinski definition) is 2. The molecular formula is C13H15N3. The van der Waals surface area contributed by atoms with E-state index in [-0.39, 0.29) is 0 Å². The number of benzene rings is 1. The molecule has 3 nitrogen and oxygen atoms in total. The van der Waals surface area contributed by atoms with Crippen molar-refractivity contribution in [2.75, 3.05) is 19.0 Å². The number of aromatic amines is 1. The molecule has 0 amide bonds. The van der Waals surface area contributed by atoms with Crippen molar-refractivity contribution in [2.24, 2.45) is 4.99 Å². The van der Waals surface area contributed by atoms with E-state index in [0.29, 0.717) is 0 Å². The summed E-state index contributed by atoms with van der Waals surface area (Å²) in [5, 5.41) is 0. The molecule has 0 aliphatic carbocycles. The Morgan fingerprint density at radius 2 is 1.88 bits per heavy atom. The second-order valence-electron chi connectivity index (χ2n) is 3.79. The van der Waals surface area contributed by atoms with Gasteiger partial charge in [0.2, 0.25) is 0 Å². The van der Waals surface area contributed by atoms with Crippen molar-refractivity contribution in [1.29, 1.82) is 0 Å². The third kappa shape index (κ3) is 2.51. The van der Waals surface area contributed by atoms with Crippen LogP contribution in [0.1, 0.15) is 5.69 Å². The topological polar surface area (TPSA) is 31.4 Å². The zero-order valence-corrected chi connectivity index (χ0v) is 9.51. The van der Waals surface area contributed by atoms with Crippen LogP contribution in [0.2, 0.25) is 0 Å². The van der Waals surface area contributed by atoms with Gasteiger partial charge >= 0.3 is 0 Å². The van der Waals surface area contributed by atoms with E-state index in [0.717, 1.165) is 11.4 Å². The SMILES string of the molecule is CN(C)c1ccc(N=Cc2ccc[nH]2)cc1. The second-order valence-corrected chi connectivity index (χ2v) is 3.79. The summed E-state index contributed by atoms with van der Waals surface area (Å²) in [5.74, 6) is 0. The highest BCUT2D eigenvalue weighted by molar-refractivity contribution is 5.79. The number of aliphatic imine (C=N–C) groups is 1. The summed E-state index contributed by atoms with van der Waals surface area (Å²) in [4.78, 5) is 9.52. The minimum Gasteiger partial charge on any atom is -0.378 e. The largest absolute Gasteiger partial charge is 0.378 e. The fourth-order valence-corrected chi connectivity index (χ4v) is 1.41. The molecule has 0 saturated carbocycles. The number of nitrogens with one attached hydrogen (secondary N) is 1. The van der Waals surface area contributed by atoms with Crippen molar-refractivity contribution in [3.63, 3.8) is 0 Å². The standard InChI is InChI=1S/C13H15N3/c1-16(2)13-7-5-11(6-8-13)15-10-12-4-3-9-14-12/h3-10,14H,1-2H3. The van der Waals surface area contributed by atoms with Gasteiger partial charge in [-0.05, 0) is 36.4 Å². The predicted octanol–water partition coefficient (Wildman–Crippen LogP) is 2.83. The van der Waals surface area contributed by atoms with Gasteiger partial charge in [0.15, 0.2) is 0 Å². The van der Waals surface area contributed by atoms with Crippen LogP contribution in [-0.2, 0) is 0 Å². The summed E-state index contributed by atoms with van der Waals surface area (Å²) >= 11 is 0. The molecule has 82 valence electrons. The van der Waals surface area contributed by atoms with Crippen molar-refractivity contribution in [2.45, 2.75) is 0 Å². The average molecular weight is 213 g/mol. The molecule has 16 heavy (non-hydrogen) atoms. The maximum atomic E-state index is 4.37. The van der Waals surface area contributed by atoms with Crippen molar-refractivity contribution < 1.29 is 0 Å². The van der Waals surface area contributed by atoms with Crippen LogP contribution in [0.25, 0.3) is 0 Å². The highest BCUT2D eigenvalue weighted by Gasteiger charge is 1.94. The number of anilines is 1. The molecular weight excluding hydrogens is 198 g/mol. The first kappa shape index (κ1) is 10.5. The van der Waals surface area contributed by atoms with Gasteiger partial charge in [-0.2, -0.15) is 0 Å². The fourth-order valence-electron chi connectivity index (χ4n) is 1.41. The third-order valence-corrected chi connectivity index (χ3v) is 2.34. The predicted molar refractivity (Wildman–Crippen MR) is 68.8 cm³/mol. The lowest BCUT2D eigenvalue weighted by molar-refractivity contribution is 1.13. The molecule has 0 spiro atoms. The van der Waals surface area contributed by atoms with Crippen molar-refractivity contribution in [3.8, 4) is 0 Å². The zero-order valence-electron chi connectivity index (χ0n) is 9.51. The second kappa shape index (κ2) is 4.66. The van der Waals surface area contributed by atoms with Crippen LogP contribution in [0, 0.1) is 0 Å². The van der Waals surface area contributed by atoms with Gasteiger partial charge < -0.3 is 9.88 Å². The Hall–Kier alpha value is -2.03. The van der Waals surface area contributed by atoms with Gasteiger partial charge in [-0.1, -0.05) is 0 Å². The van der Waals surface area contributed by atoms with Crippen molar-refractivity contribution in [1.82, 2.24) is 4.98 Å². The minimum atomic E-state index is 0.959. The van der Waals surface area contributed by atoms with E-state index in [4.69, 9.17) is 0 Å². The van der Waals surface area contributed by atoms with Crippen LogP contribution in [0.4, 0.5) is 11.4 Å². The summed E-state index contributed by atoms with van der Waals surface area (Å²) in [6, 6.07) is 12.1. The van der Waals surface area contributed by atoms with E-state index in [2.05, 4.69) is 27.0 Å². The molecule has 0 bridgehead atoms. The van der Waals surface area contributed by atoms with Gasteiger partial charge in [0.05, 0.1) is 17.6 Å². The molecule has 1 N–H and O–H groups in total. The van der Waals surface area contributed by atoms with E-state index < -0.39 is 0 Å². The summed E-state index contributed by atoms with van der Waals surface area (Å²) < 4.78 is 0. The number of nitrogens with zero attached hydrogens (tertiary/aromatic N) is 2. The van der Waals surface area contributed by atoms with Crippen molar-refractivity contribution >= 4 is 17.6 Å². The maximum Gasteiger partial charge on any atom is 0.0632 e.